The van der Waals surface area contributed by atoms with Crippen molar-refractivity contribution in [3.63, 3.8) is 0 Å². The van der Waals surface area contributed by atoms with E-state index >= 15 is 0 Å². The van der Waals surface area contributed by atoms with Crippen molar-refractivity contribution in [1.82, 2.24) is 10.2 Å². The van der Waals surface area contributed by atoms with Gasteiger partial charge in [0, 0.05) is 11.6 Å². The van der Waals surface area contributed by atoms with Gasteiger partial charge in [-0.15, -0.1) is 0 Å². The number of nitrogens with one attached hydrogen (secondary N) is 1. The Hall–Kier alpha value is -0.0800. The fourth-order valence-corrected chi connectivity index (χ4v) is 3.65. The van der Waals surface area contributed by atoms with Crippen LogP contribution in [-0.2, 0) is 0 Å². The molecule has 2 nitrogen and oxygen atoms in total. The van der Waals surface area contributed by atoms with Crippen LogP contribution in [0.1, 0.15) is 72.1 Å². The third kappa shape index (κ3) is 4.46. The number of likely N-dealkylation sites (N-methyl/N-ethyl adjacent to an activating group) is 1. The van der Waals surface area contributed by atoms with Gasteiger partial charge in [0.15, 0.2) is 0 Å². The van der Waals surface area contributed by atoms with Gasteiger partial charge in [0.05, 0.1) is 0 Å². The molecule has 0 aliphatic heterocycles. The van der Waals surface area contributed by atoms with Crippen LogP contribution in [0.2, 0.25) is 0 Å². The fourth-order valence-electron chi connectivity index (χ4n) is 3.65. The van der Waals surface area contributed by atoms with Crippen molar-refractivity contribution in [1.29, 1.82) is 0 Å². The first kappa shape index (κ1) is 17.0. The van der Waals surface area contributed by atoms with Crippen LogP contribution < -0.4 is 5.32 Å². The molecule has 2 atom stereocenters. The third-order valence-corrected chi connectivity index (χ3v) is 5.39. The van der Waals surface area contributed by atoms with Gasteiger partial charge in [-0.25, -0.2) is 0 Å². The molecule has 2 heteroatoms. The zero-order valence-electron chi connectivity index (χ0n) is 14.0. The lowest BCUT2D eigenvalue weighted by atomic mass is 9.77. The van der Waals surface area contributed by atoms with Crippen molar-refractivity contribution in [2.24, 2.45) is 5.92 Å². The molecule has 1 aliphatic rings. The van der Waals surface area contributed by atoms with E-state index in [1.807, 2.05) is 0 Å². The summed E-state index contributed by atoms with van der Waals surface area (Å²) in [6, 6.07) is 0.644. The molecule has 0 aromatic carbocycles. The van der Waals surface area contributed by atoms with E-state index in [0.29, 0.717) is 6.04 Å². The first-order valence-electron chi connectivity index (χ1n) is 8.47. The minimum Gasteiger partial charge on any atom is -0.312 e. The van der Waals surface area contributed by atoms with Gasteiger partial charge in [0.25, 0.3) is 0 Å². The van der Waals surface area contributed by atoms with Gasteiger partial charge in [-0.2, -0.15) is 0 Å². The quantitative estimate of drug-likeness (QED) is 0.701. The zero-order chi connectivity index (χ0) is 14.3. The van der Waals surface area contributed by atoms with E-state index in [2.05, 4.69) is 45.1 Å². The summed E-state index contributed by atoms with van der Waals surface area (Å²) in [6.45, 7) is 8.23. The molecular formula is C17H36N2. The van der Waals surface area contributed by atoms with Gasteiger partial charge in [-0.05, 0) is 59.2 Å². The highest BCUT2D eigenvalue weighted by atomic mass is 15.2. The Morgan fingerprint density at radius 3 is 2.11 bits per heavy atom. The van der Waals surface area contributed by atoms with Crippen molar-refractivity contribution in [3.05, 3.63) is 0 Å². The van der Waals surface area contributed by atoms with Crippen LogP contribution in [0.25, 0.3) is 0 Å². The molecule has 0 saturated heterocycles. The minimum atomic E-state index is 0.282. The maximum Gasteiger partial charge on any atom is 0.0328 e. The normalized spacial score (nSPS) is 23.1. The average Bonchev–Trinajstić information content (AvgIpc) is 2.67. The average molecular weight is 268 g/mol. The van der Waals surface area contributed by atoms with Crippen LogP contribution in [0.4, 0.5) is 0 Å². The van der Waals surface area contributed by atoms with Crippen LogP contribution in [0.3, 0.4) is 0 Å². The summed E-state index contributed by atoms with van der Waals surface area (Å²) < 4.78 is 0. The van der Waals surface area contributed by atoms with Gasteiger partial charge in [0.2, 0.25) is 0 Å². The van der Waals surface area contributed by atoms with Crippen molar-refractivity contribution in [3.8, 4) is 0 Å². The van der Waals surface area contributed by atoms with Crippen LogP contribution in [0.5, 0.6) is 0 Å². The second kappa shape index (κ2) is 8.26. The molecular weight excluding hydrogens is 232 g/mol. The lowest BCUT2D eigenvalue weighted by molar-refractivity contribution is 0.0751. The topological polar surface area (TPSA) is 15.3 Å². The monoisotopic (exact) mass is 268 g/mol. The molecule has 0 radical (unpaired) electrons. The van der Waals surface area contributed by atoms with E-state index in [1.165, 1.54) is 51.4 Å². The molecule has 0 aromatic rings. The van der Waals surface area contributed by atoms with E-state index in [9.17, 15) is 0 Å². The number of rotatable bonds is 7. The van der Waals surface area contributed by atoms with E-state index in [0.717, 1.165) is 12.5 Å². The molecule has 0 spiro atoms. The van der Waals surface area contributed by atoms with Gasteiger partial charge in [0.1, 0.15) is 0 Å². The van der Waals surface area contributed by atoms with Crippen molar-refractivity contribution < 1.29 is 0 Å². The fraction of sp³-hybridized carbons (Fsp3) is 1.00. The zero-order valence-corrected chi connectivity index (χ0v) is 14.0. The smallest absolute Gasteiger partial charge is 0.0328 e. The van der Waals surface area contributed by atoms with E-state index in [-0.39, 0.29) is 5.54 Å². The minimum absolute atomic E-state index is 0.282. The summed E-state index contributed by atoms with van der Waals surface area (Å²) in [5.74, 6) is 0.862. The highest BCUT2D eigenvalue weighted by Crippen LogP contribution is 2.34. The second-order valence-corrected chi connectivity index (χ2v) is 6.79. The maximum atomic E-state index is 3.90. The number of hydrogen-bond donors (Lipinski definition) is 1. The lowest BCUT2D eigenvalue weighted by Gasteiger charge is -2.46. The van der Waals surface area contributed by atoms with E-state index in [1.54, 1.807) is 0 Å². The van der Waals surface area contributed by atoms with Crippen LogP contribution in [0.15, 0.2) is 0 Å². The summed E-state index contributed by atoms with van der Waals surface area (Å²) in [6.07, 6.45) is 11.1. The van der Waals surface area contributed by atoms with E-state index < -0.39 is 0 Å². The molecule has 1 fully saturated rings. The molecule has 0 bridgehead atoms. The molecule has 0 amide bonds. The first-order valence-corrected chi connectivity index (χ1v) is 8.47. The summed E-state index contributed by atoms with van der Waals surface area (Å²) in [5, 5.41) is 3.90. The predicted octanol–water partition coefficient (Wildman–Crippen LogP) is 4.06. The molecule has 0 heterocycles. The molecule has 114 valence electrons. The number of hydrogen-bond acceptors (Lipinski definition) is 2. The highest BCUT2D eigenvalue weighted by Gasteiger charge is 2.39. The summed E-state index contributed by atoms with van der Waals surface area (Å²) in [4.78, 5) is 2.45. The van der Waals surface area contributed by atoms with Crippen molar-refractivity contribution >= 4 is 0 Å². The van der Waals surface area contributed by atoms with Gasteiger partial charge < -0.3 is 10.2 Å². The predicted molar refractivity (Wildman–Crippen MR) is 85.7 cm³/mol. The van der Waals surface area contributed by atoms with Crippen LogP contribution >= 0.6 is 0 Å². The largest absolute Gasteiger partial charge is 0.312 e. The molecule has 1 N–H and O–H groups in total. The molecule has 1 rings (SSSR count). The van der Waals surface area contributed by atoms with Crippen molar-refractivity contribution in [2.75, 3.05) is 20.6 Å². The van der Waals surface area contributed by atoms with Gasteiger partial charge >= 0.3 is 0 Å². The summed E-state index contributed by atoms with van der Waals surface area (Å²) in [7, 11) is 4.50. The Morgan fingerprint density at radius 1 is 1.11 bits per heavy atom. The Bertz CT molecular complexity index is 231. The summed E-state index contributed by atoms with van der Waals surface area (Å²) >= 11 is 0. The lowest BCUT2D eigenvalue weighted by Crippen LogP contribution is -2.60. The highest BCUT2D eigenvalue weighted by molar-refractivity contribution is 4.98. The Labute approximate surface area is 121 Å². The standard InChI is InChI=1S/C17H36N2/c1-6-14-18-16(17(3,7-2)19(4)5)15-12-10-8-9-11-13-15/h15-16,18H,6-14H2,1-5H3. The van der Waals surface area contributed by atoms with Gasteiger partial charge in [-0.1, -0.05) is 39.5 Å². The SMILES string of the molecule is CCCNC(C1CCCCCC1)C(C)(CC)N(C)C. The molecule has 0 aromatic heterocycles. The third-order valence-electron chi connectivity index (χ3n) is 5.39. The summed E-state index contributed by atoms with van der Waals surface area (Å²) in [5.41, 5.74) is 0.282. The van der Waals surface area contributed by atoms with Crippen LogP contribution in [0, 0.1) is 5.92 Å². The first-order chi connectivity index (χ1) is 9.06. The van der Waals surface area contributed by atoms with E-state index in [4.69, 9.17) is 0 Å². The maximum absolute atomic E-state index is 3.90. The van der Waals surface area contributed by atoms with Gasteiger partial charge in [-0.3, -0.25) is 0 Å². The Kier molecular flexibility index (Phi) is 7.38. The molecule has 1 saturated carbocycles. The molecule has 1 aliphatic carbocycles. The van der Waals surface area contributed by atoms with Crippen LogP contribution in [-0.4, -0.2) is 37.1 Å². The molecule has 19 heavy (non-hydrogen) atoms. The number of nitrogens with zero attached hydrogens (tertiary/aromatic N) is 1. The van der Waals surface area contributed by atoms with Crippen molar-refractivity contribution in [2.45, 2.75) is 83.7 Å². The molecule has 2 unspecified atom stereocenters. The Balaban J connectivity index is 2.84. The Morgan fingerprint density at radius 2 is 1.68 bits per heavy atom. The second-order valence-electron chi connectivity index (χ2n) is 6.79.